The van der Waals surface area contributed by atoms with Gasteiger partial charge in [-0.25, -0.2) is 9.78 Å². The number of nitrogens with zero attached hydrogens (tertiary/aromatic N) is 1. The number of hydrogen-bond donors (Lipinski definition) is 1. The van der Waals surface area contributed by atoms with E-state index in [1.54, 1.807) is 6.07 Å². The molecule has 1 heterocycles. The normalized spacial score (nSPS) is 10.8. The van der Waals surface area contributed by atoms with Crippen molar-refractivity contribution in [1.82, 2.24) is 9.97 Å². The Kier molecular flexibility index (Phi) is 3.78. The number of esters is 1. The van der Waals surface area contributed by atoms with Gasteiger partial charge in [-0.1, -0.05) is 54.6 Å². The standard InChI is InChI=1S/C21H16N2O2/c1-25-21(24)17-7-3-2-6-16(17)14-10-12-15(13-11-14)20-22-18-8-4-5-9-19(18)23-20/h2-13H,1H3,(H,22,23). The fourth-order valence-electron chi connectivity index (χ4n) is 2.92. The molecule has 4 nitrogen and oxygen atoms in total. The number of carbonyl (C=O) groups is 1. The number of carbonyl (C=O) groups excluding carboxylic acids is 1. The van der Waals surface area contributed by atoms with Crippen LogP contribution in [0.5, 0.6) is 0 Å². The maximum absolute atomic E-state index is 12.0. The third-order valence-corrected chi connectivity index (χ3v) is 4.19. The predicted molar refractivity (Wildman–Crippen MR) is 98.3 cm³/mol. The van der Waals surface area contributed by atoms with Crippen LogP contribution in [0.1, 0.15) is 10.4 Å². The highest BCUT2D eigenvalue weighted by Gasteiger charge is 2.13. The van der Waals surface area contributed by atoms with Crippen LogP contribution in [-0.4, -0.2) is 23.0 Å². The van der Waals surface area contributed by atoms with E-state index in [2.05, 4.69) is 9.97 Å². The van der Waals surface area contributed by atoms with Crippen LogP contribution in [0.3, 0.4) is 0 Å². The second kappa shape index (κ2) is 6.24. The Morgan fingerprint density at radius 2 is 1.56 bits per heavy atom. The molecule has 0 aliphatic rings. The van der Waals surface area contributed by atoms with Crippen LogP contribution in [-0.2, 0) is 4.74 Å². The summed E-state index contributed by atoms with van der Waals surface area (Å²) in [6.45, 7) is 0. The Hall–Kier alpha value is -3.40. The number of benzene rings is 3. The molecule has 0 unspecified atom stereocenters. The summed E-state index contributed by atoms with van der Waals surface area (Å²) in [4.78, 5) is 19.9. The molecule has 4 rings (SSSR count). The van der Waals surface area contributed by atoms with Crippen molar-refractivity contribution in [2.75, 3.05) is 7.11 Å². The quantitative estimate of drug-likeness (QED) is 0.555. The third-order valence-electron chi connectivity index (χ3n) is 4.19. The summed E-state index contributed by atoms with van der Waals surface area (Å²) in [7, 11) is 1.39. The van der Waals surface area contributed by atoms with Gasteiger partial charge in [0.25, 0.3) is 0 Å². The smallest absolute Gasteiger partial charge is 0.338 e. The Morgan fingerprint density at radius 1 is 0.880 bits per heavy atom. The summed E-state index contributed by atoms with van der Waals surface area (Å²) in [6, 6.07) is 23.4. The van der Waals surface area contributed by atoms with E-state index in [9.17, 15) is 4.79 Å². The van der Waals surface area contributed by atoms with Crippen molar-refractivity contribution in [1.29, 1.82) is 0 Å². The molecule has 25 heavy (non-hydrogen) atoms. The molecule has 0 amide bonds. The van der Waals surface area contributed by atoms with Gasteiger partial charge in [0, 0.05) is 5.56 Å². The van der Waals surface area contributed by atoms with Crippen molar-refractivity contribution in [3.8, 4) is 22.5 Å². The minimum absolute atomic E-state index is 0.336. The van der Waals surface area contributed by atoms with Crippen LogP contribution in [0.4, 0.5) is 0 Å². The number of methoxy groups -OCH3 is 1. The summed E-state index contributed by atoms with van der Waals surface area (Å²) < 4.78 is 4.87. The molecule has 0 spiro atoms. The van der Waals surface area contributed by atoms with Crippen molar-refractivity contribution >= 4 is 17.0 Å². The van der Waals surface area contributed by atoms with Crippen LogP contribution in [0, 0.1) is 0 Å². The topological polar surface area (TPSA) is 55.0 Å². The summed E-state index contributed by atoms with van der Waals surface area (Å²) in [5, 5.41) is 0. The summed E-state index contributed by atoms with van der Waals surface area (Å²) in [5.74, 6) is 0.492. The van der Waals surface area contributed by atoms with Crippen molar-refractivity contribution in [2.24, 2.45) is 0 Å². The van der Waals surface area contributed by atoms with Gasteiger partial charge in [-0.3, -0.25) is 0 Å². The molecule has 122 valence electrons. The zero-order valence-electron chi connectivity index (χ0n) is 13.7. The zero-order chi connectivity index (χ0) is 17.2. The first kappa shape index (κ1) is 15.1. The second-order valence-electron chi connectivity index (χ2n) is 5.72. The molecule has 0 aliphatic carbocycles. The molecule has 0 saturated carbocycles. The van der Waals surface area contributed by atoms with Gasteiger partial charge in [-0.05, 0) is 29.3 Å². The molecular weight excluding hydrogens is 312 g/mol. The fourth-order valence-corrected chi connectivity index (χ4v) is 2.92. The molecular formula is C21H16N2O2. The average molecular weight is 328 g/mol. The van der Waals surface area contributed by atoms with E-state index in [0.29, 0.717) is 5.56 Å². The molecule has 4 aromatic rings. The zero-order valence-corrected chi connectivity index (χ0v) is 13.7. The van der Waals surface area contributed by atoms with Gasteiger partial charge < -0.3 is 9.72 Å². The van der Waals surface area contributed by atoms with Crippen molar-refractivity contribution < 1.29 is 9.53 Å². The van der Waals surface area contributed by atoms with Crippen LogP contribution < -0.4 is 0 Å². The Bertz CT molecular complexity index is 1020. The van der Waals surface area contributed by atoms with Gasteiger partial charge in [0.1, 0.15) is 5.82 Å². The number of para-hydroxylation sites is 2. The summed E-state index contributed by atoms with van der Waals surface area (Å²) >= 11 is 0. The maximum Gasteiger partial charge on any atom is 0.338 e. The molecule has 0 bridgehead atoms. The fraction of sp³-hybridized carbons (Fsp3) is 0.0476. The molecule has 1 aromatic heterocycles. The number of aromatic amines is 1. The molecule has 4 heteroatoms. The highest BCUT2D eigenvalue weighted by molar-refractivity contribution is 5.97. The van der Waals surface area contributed by atoms with Gasteiger partial charge in [0.15, 0.2) is 0 Å². The van der Waals surface area contributed by atoms with Crippen molar-refractivity contribution in [2.45, 2.75) is 0 Å². The lowest BCUT2D eigenvalue weighted by molar-refractivity contribution is 0.0601. The monoisotopic (exact) mass is 328 g/mol. The van der Waals surface area contributed by atoms with Crippen molar-refractivity contribution in [3.63, 3.8) is 0 Å². The SMILES string of the molecule is COC(=O)c1ccccc1-c1ccc(-c2nc3ccccc3[nH]2)cc1. The molecule has 1 N–H and O–H groups in total. The van der Waals surface area contributed by atoms with Gasteiger partial charge >= 0.3 is 5.97 Å². The highest BCUT2D eigenvalue weighted by atomic mass is 16.5. The minimum Gasteiger partial charge on any atom is -0.465 e. The summed E-state index contributed by atoms with van der Waals surface area (Å²) in [6.07, 6.45) is 0. The van der Waals surface area contributed by atoms with E-state index in [1.807, 2.05) is 66.7 Å². The predicted octanol–water partition coefficient (Wildman–Crippen LogP) is 4.68. The first-order valence-electron chi connectivity index (χ1n) is 7.99. The molecule has 3 aromatic carbocycles. The second-order valence-corrected chi connectivity index (χ2v) is 5.72. The summed E-state index contributed by atoms with van der Waals surface area (Å²) in [5.41, 5.74) is 5.32. The van der Waals surface area contributed by atoms with E-state index < -0.39 is 0 Å². The number of fused-ring (bicyclic) bond motifs is 1. The largest absolute Gasteiger partial charge is 0.465 e. The molecule has 0 fully saturated rings. The number of nitrogens with one attached hydrogen (secondary N) is 1. The lowest BCUT2D eigenvalue weighted by Crippen LogP contribution is -2.03. The molecule has 0 aliphatic heterocycles. The van der Waals surface area contributed by atoms with E-state index in [-0.39, 0.29) is 5.97 Å². The molecule has 0 radical (unpaired) electrons. The van der Waals surface area contributed by atoms with Gasteiger partial charge in [-0.15, -0.1) is 0 Å². The Balaban J connectivity index is 1.72. The Labute approximate surface area is 145 Å². The van der Waals surface area contributed by atoms with E-state index in [4.69, 9.17) is 4.74 Å². The van der Waals surface area contributed by atoms with Crippen LogP contribution in [0.2, 0.25) is 0 Å². The van der Waals surface area contributed by atoms with Crippen LogP contribution in [0.25, 0.3) is 33.5 Å². The molecule has 0 saturated heterocycles. The lowest BCUT2D eigenvalue weighted by Gasteiger charge is -2.08. The lowest BCUT2D eigenvalue weighted by atomic mass is 9.98. The van der Waals surface area contributed by atoms with Crippen LogP contribution >= 0.6 is 0 Å². The average Bonchev–Trinajstić information content (AvgIpc) is 3.12. The number of imidazole rings is 1. The highest BCUT2D eigenvalue weighted by Crippen LogP contribution is 2.27. The first-order chi connectivity index (χ1) is 12.3. The number of rotatable bonds is 3. The first-order valence-corrected chi connectivity index (χ1v) is 7.99. The number of ether oxygens (including phenoxy) is 1. The van der Waals surface area contributed by atoms with Gasteiger partial charge in [0.2, 0.25) is 0 Å². The number of aromatic nitrogens is 2. The minimum atomic E-state index is -0.336. The van der Waals surface area contributed by atoms with Gasteiger partial charge in [-0.2, -0.15) is 0 Å². The van der Waals surface area contributed by atoms with E-state index in [0.717, 1.165) is 33.5 Å². The van der Waals surface area contributed by atoms with E-state index >= 15 is 0 Å². The molecule has 0 atom stereocenters. The van der Waals surface area contributed by atoms with Gasteiger partial charge in [0.05, 0.1) is 23.7 Å². The van der Waals surface area contributed by atoms with Crippen LogP contribution in [0.15, 0.2) is 72.8 Å². The third kappa shape index (κ3) is 2.78. The number of hydrogen-bond acceptors (Lipinski definition) is 3. The number of H-pyrrole nitrogens is 1. The van der Waals surface area contributed by atoms with Crippen molar-refractivity contribution in [3.05, 3.63) is 78.4 Å². The Morgan fingerprint density at radius 3 is 2.32 bits per heavy atom. The van der Waals surface area contributed by atoms with E-state index in [1.165, 1.54) is 7.11 Å². The maximum atomic E-state index is 12.0.